The number of nitrogens with zero attached hydrogens (tertiary/aromatic N) is 2. The van der Waals surface area contributed by atoms with Gasteiger partial charge in [-0.05, 0) is 50.3 Å². The number of hydrogen-bond donors (Lipinski definition) is 3. The minimum Gasteiger partial charge on any atom is -0.480 e. The van der Waals surface area contributed by atoms with Crippen molar-refractivity contribution in [2.75, 3.05) is 0 Å². The van der Waals surface area contributed by atoms with Gasteiger partial charge in [-0.1, -0.05) is 62.4 Å². The molecule has 214 valence electrons. The summed E-state index contributed by atoms with van der Waals surface area (Å²) in [5.41, 5.74) is 13.3. The molecule has 10 heteroatoms. The third-order valence-corrected chi connectivity index (χ3v) is 6.49. The number of hydrogen-bond acceptors (Lipinski definition) is 7. The molecule has 5 N–H and O–H groups in total. The van der Waals surface area contributed by atoms with Gasteiger partial charge in [0.1, 0.15) is 11.6 Å². The first kappa shape index (κ1) is 30.5. The SMILES string of the molecule is CC(C)C(N)C(=O)N(C(=O)C(N)Cc1ccccc1)C(Cc1cn(C(=O)OC(C)(C)C)c2ccccc12)C(=O)O. The Morgan fingerprint density at radius 3 is 2.10 bits per heavy atom. The summed E-state index contributed by atoms with van der Waals surface area (Å²) in [5.74, 6) is -3.43. The Kier molecular flexibility index (Phi) is 9.49. The van der Waals surface area contributed by atoms with Crippen molar-refractivity contribution in [1.29, 1.82) is 0 Å². The lowest BCUT2D eigenvalue weighted by Crippen LogP contribution is -2.60. The number of carbonyl (C=O) groups excluding carboxylic acids is 3. The molecule has 3 unspecified atom stereocenters. The lowest BCUT2D eigenvalue weighted by atomic mass is 9.98. The minimum absolute atomic E-state index is 0.102. The molecule has 0 aliphatic heterocycles. The van der Waals surface area contributed by atoms with E-state index in [4.69, 9.17) is 16.2 Å². The van der Waals surface area contributed by atoms with Crippen molar-refractivity contribution >= 4 is 34.8 Å². The van der Waals surface area contributed by atoms with E-state index in [1.54, 1.807) is 83.1 Å². The first-order valence-corrected chi connectivity index (χ1v) is 13.2. The predicted octanol–water partition coefficient (Wildman–Crippen LogP) is 3.33. The van der Waals surface area contributed by atoms with Crippen LogP contribution < -0.4 is 11.5 Å². The monoisotopic (exact) mass is 550 g/mol. The number of imide groups is 1. The zero-order valence-corrected chi connectivity index (χ0v) is 23.5. The predicted molar refractivity (Wildman–Crippen MR) is 151 cm³/mol. The molecule has 1 aromatic heterocycles. The summed E-state index contributed by atoms with van der Waals surface area (Å²) in [6.45, 7) is 8.63. The highest BCUT2D eigenvalue weighted by Gasteiger charge is 2.40. The van der Waals surface area contributed by atoms with Crippen molar-refractivity contribution in [2.45, 2.75) is 71.2 Å². The molecule has 3 atom stereocenters. The maximum absolute atomic E-state index is 13.7. The number of amides is 2. The van der Waals surface area contributed by atoms with E-state index < -0.39 is 47.6 Å². The van der Waals surface area contributed by atoms with Crippen LogP contribution in [0.5, 0.6) is 0 Å². The molecular weight excluding hydrogens is 512 g/mol. The molecule has 0 aliphatic rings. The van der Waals surface area contributed by atoms with Crippen LogP contribution in [0, 0.1) is 5.92 Å². The highest BCUT2D eigenvalue weighted by Crippen LogP contribution is 2.26. The van der Waals surface area contributed by atoms with E-state index in [0.29, 0.717) is 21.4 Å². The summed E-state index contributed by atoms with van der Waals surface area (Å²) < 4.78 is 6.82. The summed E-state index contributed by atoms with van der Waals surface area (Å²) in [6.07, 6.45) is 0.669. The van der Waals surface area contributed by atoms with E-state index in [0.717, 1.165) is 5.56 Å². The van der Waals surface area contributed by atoms with Gasteiger partial charge in [0.05, 0.1) is 17.6 Å². The van der Waals surface area contributed by atoms with E-state index >= 15 is 0 Å². The van der Waals surface area contributed by atoms with Gasteiger partial charge in [-0.2, -0.15) is 0 Å². The zero-order valence-electron chi connectivity index (χ0n) is 23.5. The molecule has 0 radical (unpaired) electrons. The molecule has 0 spiro atoms. The van der Waals surface area contributed by atoms with Crippen molar-refractivity contribution < 1.29 is 29.0 Å². The first-order valence-electron chi connectivity index (χ1n) is 13.2. The molecule has 0 fully saturated rings. The smallest absolute Gasteiger partial charge is 0.419 e. The average Bonchev–Trinajstić information content (AvgIpc) is 3.25. The quantitative estimate of drug-likeness (QED) is 0.366. The van der Waals surface area contributed by atoms with Crippen LogP contribution in [0.3, 0.4) is 0 Å². The van der Waals surface area contributed by atoms with Crippen molar-refractivity contribution in [3.63, 3.8) is 0 Å². The molecule has 3 aromatic rings. The molecule has 2 amide bonds. The van der Waals surface area contributed by atoms with Gasteiger partial charge < -0.3 is 21.3 Å². The van der Waals surface area contributed by atoms with Gasteiger partial charge in [-0.25, -0.2) is 9.59 Å². The highest BCUT2D eigenvalue weighted by atomic mass is 16.6. The second kappa shape index (κ2) is 12.4. The van der Waals surface area contributed by atoms with Crippen molar-refractivity contribution in [3.05, 3.63) is 71.9 Å². The molecule has 0 saturated heterocycles. The van der Waals surface area contributed by atoms with Crippen LogP contribution in [-0.2, 0) is 32.0 Å². The summed E-state index contributed by atoms with van der Waals surface area (Å²) in [6, 6.07) is 12.0. The van der Waals surface area contributed by atoms with Gasteiger partial charge in [0.25, 0.3) is 0 Å². The molecule has 40 heavy (non-hydrogen) atoms. The minimum atomic E-state index is -1.62. The number of rotatable bonds is 9. The largest absolute Gasteiger partial charge is 0.480 e. The maximum atomic E-state index is 13.7. The van der Waals surface area contributed by atoms with E-state index in [2.05, 4.69) is 0 Å². The Labute approximate surface area is 233 Å². The molecule has 0 saturated carbocycles. The van der Waals surface area contributed by atoms with Gasteiger partial charge in [-0.15, -0.1) is 0 Å². The van der Waals surface area contributed by atoms with Crippen LogP contribution in [0.1, 0.15) is 45.7 Å². The fourth-order valence-electron chi connectivity index (χ4n) is 4.37. The highest BCUT2D eigenvalue weighted by molar-refractivity contribution is 6.03. The van der Waals surface area contributed by atoms with E-state index in [9.17, 15) is 24.3 Å². The van der Waals surface area contributed by atoms with E-state index in [1.165, 1.54) is 10.8 Å². The number of benzene rings is 2. The maximum Gasteiger partial charge on any atom is 0.419 e. The lowest BCUT2D eigenvalue weighted by molar-refractivity contribution is -0.159. The third-order valence-electron chi connectivity index (χ3n) is 6.49. The lowest BCUT2D eigenvalue weighted by Gasteiger charge is -2.32. The second-order valence-electron chi connectivity index (χ2n) is 11.2. The molecule has 0 aliphatic carbocycles. The van der Waals surface area contributed by atoms with Gasteiger partial charge >= 0.3 is 12.1 Å². The number of nitrogens with two attached hydrogens (primary N) is 2. The molecule has 3 rings (SSSR count). The Bertz CT molecular complexity index is 1380. The number of aliphatic carboxylic acids is 1. The molecular formula is C30H38N4O6. The number of para-hydroxylation sites is 1. The number of ether oxygens (including phenoxy) is 1. The van der Waals surface area contributed by atoms with Gasteiger partial charge in [-0.3, -0.25) is 19.1 Å². The van der Waals surface area contributed by atoms with Crippen LogP contribution >= 0.6 is 0 Å². The number of fused-ring (bicyclic) bond motifs is 1. The fourth-order valence-corrected chi connectivity index (χ4v) is 4.37. The van der Waals surface area contributed by atoms with E-state index in [1.807, 2.05) is 6.07 Å². The van der Waals surface area contributed by atoms with Gasteiger partial charge in [0, 0.05) is 18.0 Å². The van der Waals surface area contributed by atoms with Crippen molar-refractivity contribution in [1.82, 2.24) is 9.47 Å². The summed E-state index contributed by atoms with van der Waals surface area (Å²) in [4.78, 5) is 53.5. The second-order valence-corrected chi connectivity index (χ2v) is 11.2. The number of aromatic nitrogens is 1. The van der Waals surface area contributed by atoms with Crippen LogP contribution in [0.25, 0.3) is 10.9 Å². The molecule has 0 bridgehead atoms. The Morgan fingerprint density at radius 1 is 0.925 bits per heavy atom. The van der Waals surface area contributed by atoms with Crippen molar-refractivity contribution in [3.8, 4) is 0 Å². The van der Waals surface area contributed by atoms with Crippen LogP contribution in [-0.4, -0.2) is 62.2 Å². The summed E-state index contributed by atoms with van der Waals surface area (Å²) in [7, 11) is 0. The molecule has 1 heterocycles. The van der Waals surface area contributed by atoms with Crippen molar-refractivity contribution in [2.24, 2.45) is 17.4 Å². The van der Waals surface area contributed by atoms with Gasteiger partial charge in [0.2, 0.25) is 11.8 Å². The standard InChI is InChI=1S/C30H38N4O6/c1-18(2)25(32)27(36)34(26(35)22(31)15-19-11-7-6-8-12-19)24(28(37)38)16-20-17-33(29(39)40-30(3,4)5)23-14-10-9-13-21(20)23/h6-14,17-18,22,24-25H,15-16,31-32H2,1-5H3,(H,37,38). The summed E-state index contributed by atoms with van der Waals surface area (Å²) >= 11 is 0. The van der Waals surface area contributed by atoms with Crippen LogP contribution in [0.2, 0.25) is 0 Å². The summed E-state index contributed by atoms with van der Waals surface area (Å²) in [5, 5.41) is 10.9. The van der Waals surface area contributed by atoms with Crippen LogP contribution in [0.4, 0.5) is 4.79 Å². The zero-order chi connectivity index (χ0) is 29.8. The number of carboxylic acids is 1. The number of carboxylic acid groups (broad SMARTS) is 1. The normalized spacial score (nSPS) is 14.0. The first-order chi connectivity index (χ1) is 18.7. The fraction of sp³-hybridized carbons (Fsp3) is 0.400. The van der Waals surface area contributed by atoms with Crippen LogP contribution in [0.15, 0.2) is 60.8 Å². The molecule has 10 nitrogen and oxygen atoms in total. The third kappa shape index (κ3) is 7.13. The van der Waals surface area contributed by atoms with E-state index in [-0.39, 0.29) is 18.8 Å². The average molecular weight is 551 g/mol. The Balaban J connectivity index is 2.05. The molecule has 2 aromatic carbocycles. The topological polar surface area (TPSA) is 158 Å². The Hall–Kier alpha value is -4.02. The number of carbonyl (C=O) groups is 4. The van der Waals surface area contributed by atoms with Gasteiger partial charge in [0.15, 0.2) is 0 Å². The Morgan fingerprint density at radius 2 is 1.52 bits per heavy atom.